The molecule has 0 aliphatic heterocycles. The van der Waals surface area contributed by atoms with Crippen molar-refractivity contribution in [1.29, 1.82) is 0 Å². The van der Waals surface area contributed by atoms with Crippen LogP contribution in [-0.2, 0) is 10.2 Å². The summed E-state index contributed by atoms with van der Waals surface area (Å²) in [6.45, 7) is 7.98. The molecule has 0 fully saturated rings. The predicted molar refractivity (Wildman–Crippen MR) is 59.0 cm³/mol. The summed E-state index contributed by atoms with van der Waals surface area (Å²) in [5, 5.41) is 0. The van der Waals surface area contributed by atoms with Crippen molar-refractivity contribution in [1.82, 2.24) is 4.98 Å². The summed E-state index contributed by atoms with van der Waals surface area (Å²) in [5.41, 5.74) is 2.14. The van der Waals surface area contributed by atoms with Gasteiger partial charge in [0, 0.05) is 11.6 Å². The molecule has 0 spiro atoms. The summed E-state index contributed by atoms with van der Waals surface area (Å²) in [6, 6.07) is 1.82. The largest absolute Gasteiger partial charge is 0.465 e. The lowest BCUT2D eigenvalue weighted by Crippen LogP contribution is -2.20. The number of hydrogen-bond acceptors (Lipinski definition) is 3. The van der Waals surface area contributed by atoms with Crippen LogP contribution in [0.5, 0.6) is 0 Å². The van der Waals surface area contributed by atoms with E-state index < -0.39 is 0 Å². The molecule has 0 saturated heterocycles. The van der Waals surface area contributed by atoms with Crippen molar-refractivity contribution in [2.24, 2.45) is 0 Å². The van der Waals surface area contributed by atoms with E-state index in [0.29, 0.717) is 5.56 Å². The minimum atomic E-state index is -0.323. The van der Waals surface area contributed by atoms with Crippen LogP contribution in [0.3, 0.4) is 0 Å². The van der Waals surface area contributed by atoms with Gasteiger partial charge in [-0.25, -0.2) is 4.79 Å². The Morgan fingerprint density at radius 2 is 2.00 bits per heavy atom. The molecule has 0 aliphatic carbocycles. The summed E-state index contributed by atoms with van der Waals surface area (Å²) in [6.07, 6.45) is 1.77. The number of rotatable bonds is 1. The average molecular weight is 207 g/mol. The van der Waals surface area contributed by atoms with Gasteiger partial charge in [0.2, 0.25) is 0 Å². The SMILES string of the molecule is COC(=O)c1cc(C)cnc1C(C)(C)C. The summed E-state index contributed by atoms with van der Waals surface area (Å²) < 4.78 is 4.75. The van der Waals surface area contributed by atoms with Crippen molar-refractivity contribution >= 4 is 5.97 Å². The van der Waals surface area contributed by atoms with Gasteiger partial charge in [0.25, 0.3) is 0 Å². The summed E-state index contributed by atoms with van der Waals surface area (Å²) in [5.74, 6) is -0.323. The number of nitrogens with zero attached hydrogens (tertiary/aromatic N) is 1. The first-order valence-corrected chi connectivity index (χ1v) is 4.91. The summed E-state index contributed by atoms with van der Waals surface area (Å²) in [4.78, 5) is 15.9. The van der Waals surface area contributed by atoms with Gasteiger partial charge < -0.3 is 4.74 Å². The maximum atomic E-state index is 11.6. The fourth-order valence-corrected chi connectivity index (χ4v) is 1.43. The van der Waals surface area contributed by atoms with Crippen molar-refractivity contribution < 1.29 is 9.53 Å². The van der Waals surface area contributed by atoms with Gasteiger partial charge in [-0.1, -0.05) is 20.8 Å². The molecule has 3 heteroatoms. The van der Waals surface area contributed by atoms with Crippen molar-refractivity contribution in [3.63, 3.8) is 0 Å². The highest BCUT2D eigenvalue weighted by Gasteiger charge is 2.23. The number of aryl methyl sites for hydroxylation is 1. The standard InChI is InChI=1S/C12H17NO2/c1-8-6-9(11(14)15-5)10(13-7-8)12(2,3)4/h6-7H,1-5H3. The van der Waals surface area contributed by atoms with Gasteiger partial charge >= 0.3 is 5.97 Å². The Morgan fingerprint density at radius 1 is 1.40 bits per heavy atom. The lowest BCUT2D eigenvalue weighted by molar-refractivity contribution is 0.0597. The van der Waals surface area contributed by atoms with Gasteiger partial charge in [0.1, 0.15) is 0 Å². The first-order valence-electron chi connectivity index (χ1n) is 4.91. The average Bonchev–Trinajstić information content (AvgIpc) is 2.14. The molecule has 0 radical (unpaired) electrons. The highest BCUT2D eigenvalue weighted by Crippen LogP contribution is 2.24. The molecule has 3 nitrogen and oxygen atoms in total. The predicted octanol–water partition coefficient (Wildman–Crippen LogP) is 2.47. The van der Waals surface area contributed by atoms with Gasteiger partial charge in [-0.15, -0.1) is 0 Å². The smallest absolute Gasteiger partial charge is 0.339 e. The monoisotopic (exact) mass is 207 g/mol. The number of carbonyl (C=O) groups is 1. The van der Waals surface area contributed by atoms with Crippen LogP contribution in [0.1, 0.15) is 42.4 Å². The highest BCUT2D eigenvalue weighted by atomic mass is 16.5. The third kappa shape index (κ3) is 2.55. The molecule has 0 amide bonds. The van der Waals surface area contributed by atoms with Gasteiger partial charge in [0.15, 0.2) is 0 Å². The topological polar surface area (TPSA) is 39.2 Å². The Morgan fingerprint density at radius 3 is 2.47 bits per heavy atom. The number of ether oxygens (including phenoxy) is 1. The number of carbonyl (C=O) groups excluding carboxylic acids is 1. The third-order valence-corrected chi connectivity index (χ3v) is 2.14. The van der Waals surface area contributed by atoms with Gasteiger partial charge in [-0.2, -0.15) is 0 Å². The van der Waals surface area contributed by atoms with Crippen molar-refractivity contribution in [2.45, 2.75) is 33.1 Å². The minimum Gasteiger partial charge on any atom is -0.465 e. The molecular formula is C12H17NO2. The van der Waals surface area contributed by atoms with E-state index in [-0.39, 0.29) is 11.4 Å². The second-order valence-electron chi connectivity index (χ2n) is 4.65. The van der Waals surface area contributed by atoms with Crippen LogP contribution in [0.25, 0.3) is 0 Å². The highest BCUT2D eigenvalue weighted by molar-refractivity contribution is 5.91. The second kappa shape index (κ2) is 4.01. The number of hydrogen-bond donors (Lipinski definition) is 0. The zero-order valence-corrected chi connectivity index (χ0v) is 9.92. The van der Waals surface area contributed by atoms with Crippen LogP contribution in [0.4, 0.5) is 0 Å². The summed E-state index contributed by atoms with van der Waals surface area (Å²) in [7, 11) is 1.39. The fraction of sp³-hybridized carbons (Fsp3) is 0.500. The molecule has 0 unspecified atom stereocenters. The van der Waals surface area contributed by atoms with Crippen molar-refractivity contribution in [3.05, 3.63) is 29.1 Å². The Kier molecular flexibility index (Phi) is 3.12. The maximum absolute atomic E-state index is 11.6. The molecule has 1 heterocycles. The molecule has 82 valence electrons. The van der Waals surface area contributed by atoms with Gasteiger partial charge in [-0.3, -0.25) is 4.98 Å². The van der Waals surface area contributed by atoms with E-state index in [2.05, 4.69) is 4.98 Å². The lowest BCUT2D eigenvalue weighted by atomic mass is 9.88. The second-order valence-corrected chi connectivity index (χ2v) is 4.65. The Bertz CT molecular complexity index is 378. The van der Waals surface area contributed by atoms with Crippen LogP contribution in [-0.4, -0.2) is 18.1 Å². The number of methoxy groups -OCH3 is 1. The van der Waals surface area contributed by atoms with E-state index >= 15 is 0 Å². The molecule has 0 atom stereocenters. The molecule has 0 aromatic carbocycles. The van der Waals surface area contributed by atoms with E-state index in [1.54, 1.807) is 6.20 Å². The zero-order chi connectivity index (χ0) is 11.6. The molecule has 1 aromatic heterocycles. The molecule has 1 rings (SSSR count). The molecule has 0 bridgehead atoms. The molecule has 1 aromatic rings. The van der Waals surface area contributed by atoms with Gasteiger partial charge in [-0.05, 0) is 18.6 Å². The van der Waals surface area contributed by atoms with Crippen molar-refractivity contribution in [3.8, 4) is 0 Å². The Balaban J connectivity index is 3.33. The zero-order valence-electron chi connectivity index (χ0n) is 9.92. The molecule has 0 saturated carbocycles. The van der Waals surface area contributed by atoms with Crippen LogP contribution < -0.4 is 0 Å². The quantitative estimate of drug-likeness (QED) is 0.664. The first kappa shape index (κ1) is 11.7. The van der Waals surface area contributed by atoms with Crippen LogP contribution >= 0.6 is 0 Å². The van der Waals surface area contributed by atoms with Crippen LogP contribution in [0.2, 0.25) is 0 Å². The lowest BCUT2D eigenvalue weighted by Gasteiger charge is -2.20. The Hall–Kier alpha value is -1.38. The molecular weight excluding hydrogens is 190 g/mol. The molecule has 0 aliphatic rings. The minimum absolute atomic E-state index is 0.156. The Labute approximate surface area is 90.5 Å². The van der Waals surface area contributed by atoms with Crippen molar-refractivity contribution in [2.75, 3.05) is 7.11 Å². The summed E-state index contributed by atoms with van der Waals surface area (Å²) >= 11 is 0. The normalized spacial score (nSPS) is 11.3. The van der Waals surface area contributed by atoms with E-state index in [1.807, 2.05) is 33.8 Å². The first-order chi connectivity index (χ1) is 6.86. The maximum Gasteiger partial charge on any atom is 0.339 e. The molecule has 0 N–H and O–H groups in total. The fourth-order valence-electron chi connectivity index (χ4n) is 1.43. The van der Waals surface area contributed by atoms with E-state index in [1.165, 1.54) is 7.11 Å². The van der Waals surface area contributed by atoms with Gasteiger partial charge in [0.05, 0.1) is 18.4 Å². The third-order valence-electron chi connectivity index (χ3n) is 2.14. The molecule has 15 heavy (non-hydrogen) atoms. The number of pyridine rings is 1. The number of esters is 1. The van der Waals surface area contributed by atoms with E-state index in [0.717, 1.165) is 11.3 Å². The number of aromatic nitrogens is 1. The van der Waals surface area contributed by atoms with E-state index in [9.17, 15) is 4.79 Å². The van der Waals surface area contributed by atoms with Crippen LogP contribution in [0.15, 0.2) is 12.3 Å². The van der Waals surface area contributed by atoms with E-state index in [4.69, 9.17) is 4.74 Å². The van der Waals surface area contributed by atoms with Crippen LogP contribution in [0, 0.1) is 6.92 Å².